The SMILES string of the molecule is CCC(CCCCCCCC(C)=NO)=NO. The van der Waals surface area contributed by atoms with E-state index in [0.717, 1.165) is 43.5 Å². The minimum atomic E-state index is 0.806. The van der Waals surface area contributed by atoms with E-state index in [-0.39, 0.29) is 0 Å². The first kappa shape index (κ1) is 14.9. The van der Waals surface area contributed by atoms with Gasteiger partial charge in [0.25, 0.3) is 0 Å². The third kappa shape index (κ3) is 8.26. The summed E-state index contributed by atoms with van der Waals surface area (Å²) >= 11 is 0. The molecule has 4 nitrogen and oxygen atoms in total. The topological polar surface area (TPSA) is 65.2 Å². The Bertz CT molecular complexity index is 225. The Morgan fingerprint density at radius 1 is 0.875 bits per heavy atom. The number of oxime groups is 2. The van der Waals surface area contributed by atoms with Crippen molar-refractivity contribution in [2.24, 2.45) is 10.3 Å². The highest BCUT2D eigenvalue weighted by molar-refractivity contribution is 5.83. The Hall–Kier alpha value is -1.06. The lowest BCUT2D eigenvalue weighted by Gasteiger charge is -2.02. The summed E-state index contributed by atoms with van der Waals surface area (Å²) in [4.78, 5) is 0. The van der Waals surface area contributed by atoms with Crippen LogP contribution in [0.15, 0.2) is 10.3 Å². The molecule has 0 bridgehead atoms. The molecule has 0 heterocycles. The van der Waals surface area contributed by atoms with Gasteiger partial charge in [0, 0.05) is 0 Å². The van der Waals surface area contributed by atoms with E-state index < -0.39 is 0 Å². The van der Waals surface area contributed by atoms with Crippen molar-refractivity contribution in [3.8, 4) is 0 Å². The normalized spacial score (nSPS) is 13.1. The molecule has 2 N–H and O–H groups in total. The van der Waals surface area contributed by atoms with E-state index in [2.05, 4.69) is 10.3 Å². The maximum atomic E-state index is 8.61. The minimum Gasteiger partial charge on any atom is -0.411 e. The minimum absolute atomic E-state index is 0.806. The Morgan fingerprint density at radius 2 is 1.44 bits per heavy atom. The van der Waals surface area contributed by atoms with Crippen molar-refractivity contribution in [2.75, 3.05) is 0 Å². The van der Waals surface area contributed by atoms with Crippen molar-refractivity contribution in [3.63, 3.8) is 0 Å². The molecule has 0 fully saturated rings. The van der Waals surface area contributed by atoms with Gasteiger partial charge in [-0.3, -0.25) is 0 Å². The predicted octanol–water partition coefficient (Wildman–Crippen LogP) is 3.81. The predicted molar refractivity (Wildman–Crippen MR) is 66.7 cm³/mol. The van der Waals surface area contributed by atoms with Gasteiger partial charge in [0.1, 0.15) is 0 Å². The van der Waals surface area contributed by atoms with E-state index >= 15 is 0 Å². The van der Waals surface area contributed by atoms with Gasteiger partial charge in [-0.2, -0.15) is 0 Å². The second kappa shape index (κ2) is 10.5. The summed E-state index contributed by atoms with van der Waals surface area (Å²) in [7, 11) is 0. The molecule has 0 rings (SSSR count). The summed E-state index contributed by atoms with van der Waals surface area (Å²) in [6, 6.07) is 0. The lowest BCUT2D eigenvalue weighted by Crippen LogP contribution is -1.96. The van der Waals surface area contributed by atoms with Gasteiger partial charge in [-0.05, 0) is 39.0 Å². The van der Waals surface area contributed by atoms with Crippen LogP contribution in [0.2, 0.25) is 0 Å². The molecule has 0 radical (unpaired) electrons. The van der Waals surface area contributed by atoms with Gasteiger partial charge in [0.2, 0.25) is 0 Å². The van der Waals surface area contributed by atoms with Crippen LogP contribution in [0.25, 0.3) is 0 Å². The van der Waals surface area contributed by atoms with Crippen LogP contribution in [-0.2, 0) is 0 Å². The summed E-state index contributed by atoms with van der Waals surface area (Å²) in [6.45, 7) is 3.84. The third-order valence-corrected chi connectivity index (χ3v) is 2.72. The zero-order valence-corrected chi connectivity index (χ0v) is 10.4. The molecule has 16 heavy (non-hydrogen) atoms. The number of nitrogens with zero attached hydrogens (tertiary/aromatic N) is 2. The Morgan fingerprint density at radius 3 is 1.94 bits per heavy atom. The second-order valence-corrected chi connectivity index (χ2v) is 4.12. The second-order valence-electron chi connectivity index (χ2n) is 4.12. The van der Waals surface area contributed by atoms with E-state index in [4.69, 9.17) is 10.4 Å². The van der Waals surface area contributed by atoms with Gasteiger partial charge in [-0.1, -0.05) is 36.5 Å². The third-order valence-electron chi connectivity index (χ3n) is 2.72. The van der Waals surface area contributed by atoms with Crippen molar-refractivity contribution in [1.82, 2.24) is 0 Å². The van der Waals surface area contributed by atoms with Crippen molar-refractivity contribution < 1.29 is 10.4 Å². The molecule has 0 atom stereocenters. The number of hydrogen-bond donors (Lipinski definition) is 2. The van der Waals surface area contributed by atoms with Gasteiger partial charge in [-0.15, -0.1) is 0 Å². The molecule has 0 aromatic carbocycles. The van der Waals surface area contributed by atoms with Gasteiger partial charge in [-0.25, -0.2) is 0 Å². The van der Waals surface area contributed by atoms with Gasteiger partial charge >= 0.3 is 0 Å². The van der Waals surface area contributed by atoms with Crippen molar-refractivity contribution in [1.29, 1.82) is 0 Å². The Kier molecular flexibility index (Phi) is 9.76. The fraction of sp³-hybridized carbons (Fsp3) is 0.833. The summed E-state index contributed by atoms with van der Waals surface area (Å²) in [5, 5.41) is 23.4. The molecule has 0 aromatic heterocycles. The Labute approximate surface area is 98.0 Å². The van der Waals surface area contributed by atoms with Gasteiger partial charge < -0.3 is 10.4 Å². The van der Waals surface area contributed by atoms with Crippen LogP contribution in [-0.4, -0.2) is 21.8 Å². The number of unbranched alkanes of at least 4 members (excludes halogenated alkanes) is 4. The highest BCUT2D eigenvalue weighted by atomic mass is 16.4. The zero-order chi connectivity index (χ0) is 12.2. The van der Waals surface area contributed by atoms with E-state index in [1.54, 1.807) is 0 Å². The summed E-state index contributed by atoms with van der Waals surface area (Å²) in [5.41, 5.74) is 1.70. The number of hydrogen-bond acceptors (Lipinski definition) is 4. The molecule has 0 amide bonds. The van der Waals surface area contributed by atoms with Crippen LogP contribution in [0.1, 0.15) is 65.2 Å². The first-order valence-corrected chi connectivity index (χ1v) is 6.11. The maximum Gasteiger partial charge on any atom is 0.0568 e. The molecule has 0 spiro atoms. The fourth-order valence-corrected chi connectivity index (χ4v) is 1.59. The molecule has 0 saturated carbocycles. The van der Waals surface area contributed by atoms with Crippen molar-refractivity contribution in [2.45, 2.75) is 65.2 Å². The number of rotatable bonds is 9. The van der Waals surface area contributed by atoms with Crippen LogP contribution >= 0.6 is 0 Å². The summed E-state index contributed by atoms with van der Waals surface area (Å²) < 4.78 is 0. The molecular weight excluding hydrogens is 204 g/mol. The van der Waals surface area contributed by atoms with Gasteiger partial charge in [0.05, 0.1) is 11.4 Å². The van der Waals surface area contributed by atoms with Crippen LogP contribution < -0.4 is 0 Å². The zero-order valence-electron chi connectivity index (χ0n) is 10.4. The molecule has 0 aliphatic rings. The molecular formula is C12H24N2O2. The molecule has 0 unspecified atom stereocenters. The van der Waals surface area contributed by atoms with Crippen molar-refractivity contribution in [3.05, 3.63) is 0 Å². The summed E-state index contributed by atoms with van der Waals surface area (Å²) in [6.07, 6.45) is 8.35. The average Bonchev–Trinajstić information content (AvgIpc) is 2.32. The molecule has 0 aliphatic carbocycles. The first-order chi connectivity index (χ1) is 7.74. The van der Waals surface area contributed by atoms with E-state index in [1.165, 1.54) is 19.3 Å². The highest BCUT2D eigenvalue weighted by Gasteiger charge is 1.97. The maximum absolute atomic E-state index is 8.61. The molecule has 4 heteroatoms. The van der Waals surface area contributed by atoms with Crippen LogP contribution in [0.3, 0.4) is 0 Å². The largest absolute Gasteiger partial charge is 0.411 e. The van der Waals surface area contributed by atoms with E-state index in [1.807, 2.05) is 13.8 Å². The fourth-order valence-electron chi connectivity index (χ4n) is 1.59. The summed E-state index contributed by atoms with van der Waals surface area (Å²) in [5.74, 6) is 0. The van der Waals surface area contributed by atoms with E-state index in [9.17, 15) is 0 Å². The lowest BCUT2D eigenvalue weighted by molar-refractivity contribution is 0.316. The monoisotopic (exact) mass is 228 g/mol. The molecule has 0 saturated heterocycles. The Balaban J connectivity index is 3.28. The first-order valence-electron chi connectivity index (χ1n) is 6.11. The van der Waals surface area contributed by atoms with Crippen LogP contribution in [0, 0.1) is 0 Å². The smallest absolute Gasteiger partial charge is 0.0568 e. The highest BCUT2D eigenvalue weighted by Crippen LogP contribution is 2.09. The van der Waals surface area contributed by atoms with E-state index in [0.29, 0.717) is 0 Å². The molecule has 0 aliphatic heterocycles. The molecule has 0 aromatic rings. The average molecular weight is 228 g/mol. The van der Waals surface area contributed by atoms with Crippen molar-refractivity contribution >= 4 is 11.4 Å². The standard InChI is InChI=1S/C12H24N2O2/c1-3-12(14-16)10-8-6-4-5-7-9-11(2)13-15/h15-16H,3-10H2,1-2H3. The quantitative estimate of drug-likeness (QED) is 0.273. The van der Waals surface area contributed by atoms with Crippen LogP contribution in [0.4, 0.5) is 0 Å². The lowest BCUT2D eigenvalue weighted by atomic mass is 10.1. The van der Waals surface area contributed by atoms with Gasteiger partial charge in [0.15, 0.2) is 0 Å². The molecule has 94 valence electrons. The van der Waals surface area contributed by atoms with Crippen LogP contribution in [0.5, 0.6) is 0 Å².